The molecule has 24 heteroatoms. The standard InChI is InChI=1S/C58H96N10O14/c1-11-15-17-22-38(59)30-47(72)60-41(23-25-69)50(73)61-40(14-4)57(80)68-32-39(71)31-46(68)54(77)62-42(24-26-70)51(74)64-44(29-37-20-18-16-19-21-37)52(75)63-43(27-33(5)6)53(76)66-49(36(10)13-3)56(79)67-48(35(9)12-2)55(78)65-45(58(81)82)28-34(7)8/h14,16,18-21,33-36,38-39,41-46,48-49,69-71H,11-13,15,17,22-32,59H2,1-10H3,(H,60,72)(H,61,73)(H,62,77)(H,63,75)(H,64,74)(H,65,78)(H,66,76)(H,67,79)(H,81,82)/b40-14+/t35-,36-,38+,39+,41-,42-,43+,44+,45-,46-,48+,49-/m0/s1. The van der Waals surface area contributed by atoms with Crippen LogP contribution >= 0.6 is 0 Å². The number of rotatable bonds is 37. The lowest BCUT2D eigenvalue weighted by Crippen LogP contribution is -2.61. The Bertz CT molecular complexity index is 2290. The van der Waals surface area contributed by atoms with Crippen LogP contribution in [-0.4, -0.2) is 165 Å². The summed E-state index contributed by atoms with van der Waals surface area (Å²) in [5.41, 5.74) is 6.41. The Balaban J connectivity index is 2.40. The van der Waals surface area contributed by atoms with Crippen molar-refractivity contribution >= 4 is 59.1 Å². The number of nitrogens with two attached hydrogens (primary N) is 1. The third-order valence-corrected chi connectivity index (χ3v) is 14.5. The van der Waals surface area contributed by atoms with Crippen LogP contribution in [0.25, 0.3) is 0 Å². The van der Waals surface area contributed by atoms with E-state index in [4.69, 9.17) is 5.73 Å². The molecule has 0 aromatic heterocycles. The molecule has 1 aliphatic rings. The number of hydrogen-bond acceptors (Lipinski definition) is 14. The molecule has 1 aromatic rings. The molecule has 82 heavy (non-hydrogen) atoms. The summed E-state index contributed by atoms with van der Waals surface area (Å²) in [6.07, 6.45) is 3.42. The van der Waals surface area contributed by atoms with E-state index in [-0.39, 0.29) is 69.0 Å². The molecule has 1 aliphatic heterocycles. The molecule has 0 unspecified atom stereocenters. The van der Waals surface area contributed by atoms with E-state index in [2.05, 4.69) is 42.5 Å². The van der Waals surface area contributed by atoms with Crippen molar-refractivity contribution in [1.82, 2.24) is 47.4 Å². The lowest BCUT2D eigenvalue weighted by atomic mass is 9.93. The van der Waals surface area contributed by atoms with Gasteiger partial charge in [-0.15, -0.1) is 0 Å². The Hall–Kier alpha value is -6.50. The maximum Gasteiger partial charge on any atom is 0.326 e. The van der Waals surface area contributed by atoms with E-state index < -0.39 is 145 Å². The van der Waals surface area contributed by atoms with Crippen molar-refractivity contribution in [2.24, 2.45) is 29.4 Å². The highest BCUT2D eigenvalue weighted by atomic mass is 16.4. The number of carbonyl (C=O) groups excluding carboxylic acids is 9. The molecular formula is C58H96N10O14. The normalized spacial score (nSPS) is 18.0. The maximum atomic E-state index is 14.5. The van der Waals surface area contributed by atoms with E-state index in [1.54, 1.807) is 51.1 Å². The van der Waals surface area contributed by atoms with Gasteiger partial charge >= 0.3 is 5.97 Å². The fourth-order valence-electron chi connectivity index (χ4n) is 9.39. The Labute approximate surface area is 483 Å². The molecule has 24 nitrogen and oxygen atoms in total. The smallest absolute Gasteiger partial charge is 0.326 e. The minimum absolute atomic E-state index is 0.0596. The van der Waals surface area contributed by atoms with E-state index in [1.807, 2.05) is 41.5 Å². The van der Waals surface area contributed by atoms with Gasteiger partial charge in [-0.1, -0.05) is 131 Å². The second kappa shape index (κ2) is 36.9. The number of carboxylic acids is 1. The van der Waals surface area contributed by atoms with E-state index in [1.165, 1.54) is 13.0 Å². The lowest BCUT2D eigenvalue weighted by Gasteiger charge is -2.31. The summed E-state index contributed by atoms with van der Waals surface area (Å²) in [4.78, 5) is 139. The van der Waals surface area contributed by atoms with Crippen LogP contribution in [0.15, 0.2) is 42.1 Å². The molecule has 0 saturated carbocycles. The average molecular weight is 1160 g/mol. The molecule has 0 aliphatic carbocycles. The number of amides is 9. The van der Waals surface area contributed by atoms with Crippen LogP contribution in [0.2, 0.25) is 0 Å². The number of likely N-dealkylation sites (tertiary alicyclic amines) is 1. The van der Waals surface area contributed by atoms with Crippen LogP contribution in [0.5, 0.6) is 0 Å². The van der Waals surface area contributed by atoms with E-state index in [0.717, 1.165) is 24.2 Å². The number of carboxylic acid groups (broad SMARTS) is 1. The monoisotopic (exact) mass is 1160 g/mol. The molecule has 1 saturated heterocycles. The number of nitrogens with one attached hydrogen (secondary N) is 8. The molecule has 0 spiro atoms. The maximum absolute atomic E-state index is 14.5. The molecule has 2 rings (SSSR count). The van der Waals surface area contributed by atoms with Crippen LogP contribution in [-0.2, 0) is 54.4 Å². The van der Waals surface area contributed by atoms with Gasteiger partial charge in [0.05, 0.1) is 6.10 Å². The number of hydrogen-bond donors (Lipinski definition) is 13. The van der Waals surface area contributed by atoms with Gasteiger partial charge in [-0.3, -0.25) is 43.2 Å². The highest BCUT2D eigenvalue weighted by Crippen LogP contribution is 2.22. The molecule has 9 amide bonds. The number of carbonyl (C=O) groups is 10. The Kier molecular flexibility index (Phi) is 32.2. The van der Waals surface area contributed by atoms with Crippen molar-refractivity contribution in [3.63, 3.8) is 0 Å². The Morgan fingerprint density at radius 3 is 1.66 bits per heavy atom. The lowest BCUT2D eigenvalue weighted by molar-refractivity contribution is -0.143. The van der Waals surface area contributed by atoms with Gasteiger partial charge in [0.25, 0.3) is 5.91 Å². The van der Waals surface area contributed by atoms with E-state index >= 15 is 0 Å². The largest absolute Gasteiger partial charge is 0.480 e. The van der Waals surface area contributed by atoms with Crippen molar-refractivity contribution in [1.29, 1.82) is 0 Å². The van der Waals surface area contributed by atoms with Crippen molar-refractivity contribution < 1.29 is 68.4 Å². The molecule has 0 bridgehead atoms. The van der Waals surface area contributed by atoms with Gasteiger partial charge in [-0.05, 0) is 68.3 Å². The number of unbranched alkanes of at least 4 members (excludes halogenated alkanes) is 2. The fourth-order valence-corrected chi connectivity index (χ4v) is 9.39. The molecule has 12 atom stereocenters. The molecule has 1 aromatic carbocycles. The third kappa shape index (κ3) is 24.1. The minimum atomic E-state index is -1.52. The molecular weight excluding hydrogens is 1060 g/mol. The van der Waals surface area contributed by atoms with Gasteiger partial charge in [0, 0.05) is 45.1 Å². The quantitative estimate of drug-likeness (QED) is 0.0326. The number of aliphatic hydroxyl groups is 3. The second-order valence-corrected chi connectivity index (χ2v) is 22.4. The highest BCUT2D eigenvalue weighted by Gasteiger charge is 2.42. The number of nitrogens with zero attached hydrogens (tertiary/aromatic N) is 1. The number of aliphatic hydroxyl groups excluding tert-OH is 3. The first-order chi connectivity index (χ1) is 38.7. The zero-order chi connectivity index (χ0) is 61.8. The van der Waals surface area contributed by atoms with Gasteiger partial charge in [0.2, 0.25) is 47.3 Å². The fraction of sp³-hybridized carbons (Fsp3) is 0.690. The van der Waals surface area contributed by atoms with Crippen LogP contribution in [0, 0.1) is 23.7 Å². The van der Waals surface area contributed by atoms with Crippen molar-refractivity contribution in [3.8, 4) is 0 Å². The summed E-state index contributed by atoms with van der Waals surface area (Å²) in [7, 11) is 0. The summed E-state index contributed by atoms with van der Waals surface area (Å²) in [6, 6.07) is -2.29. The number of benzene rings is 1. The topological polar surface area (TPSA) is 377 Å². The highest BCUT2D eigenvalue weighted by molar-refractivity contribution is 6.02. The zero-order valence-corrected chi connectivity index (χ0v) is 49.8. The molecule has 14 N–H and O–H groups in total. The number of β-amino-alcohol motifs (C(OH)–C–C–N with tert-alkyl or cyclic N) is 1. The predicted molar refractivity (Wildman–Crippen MR) is 307 cm³/mol. The summed E-state index contributed by atoms with van der Waals surface area (Å²) < 4.78 is 0. The zero-order valence-electron chi connectivity index (χ0n) is 49.8. The summed E-state index contributed by atoms with van der Waals surface area (Å²) >= 11 is 0. The van der Waals surface area contributed by atoms with Crippen LogP contribution < -0.4 is 48.3 Å². The molecule has 1 heterocycles. The Morgan fingerprint density at radius 1 is 0.634 bits per heavy atom. The first-order valence-electron chi connectivity index (χ1n) is 29.1. The van der Waals surface area contributed by atoms with Crippen LogP contribution in [0.1, 0.15) is 152 Å². The summed E-state index contributed by atoms with van der Waals surface area (Å²) in [5.74, 6) is -9.45. The van der Waals surface area contributed by atoms with E-state index in [9.17, 15) is 68.4 Å². The number of allylic oxidation sites excluding steroid dienone is 1. The van der Waals surface area contributed by atoms with Gasteiger partial charge in [0.15, 0.2) is 0 Å². The molecule has 0 radical (unpaired) electrons. The van der Waals surface area contributed by atoms with Crippen LogP contribution in [0.4, 0.5) is 0 Å². The first-order valence-corrected chi connectivity index (χ1v) is 29.1. The Morgan fingerprint density at radius 2 is 1.13 bits per heavy atom. The SMILES string of the molecule is C/C=C(/NC(=O)[C@H](CCO)NC(=O)C[C@H](N)CCCCC)C(=O)N1C[C@H](O)C[C@H]1C(=O)N[C@@H](CCO)C(=O)N[C@H](Cc1ccccc1)C(=O)N[C@H](CC(C)C)C(=O)N[C@H](C(=O)N[C@@H](C(=O)N[C@@H](CC(C)C)C(=O)O)[C@@H](C)CC)[C@@H](C)CC. The third-order valence-electron chi connectivity index (χ3n) is 14.5. The van der Waals surface area contributed by atoms with Gasteiger partial charge in [0.1, 0.15) is 54.0 Å². The van der Waals surface area contributed by atoms with Crippen LogP contribution in [0.3, 0.4) is 0 Å². The predicted octanol–water partition coefficient (Wildman–Crippen LogP) is 0.936. The van der Waals surface area contributed by atoms with Gasteiger partial charge < -0.3 is 73.6 Å². The van der Waals surface area contributed by atoms with Crippen molar-refractivity contribution in [2.75, 3.05) is 19.8 Å². The van der Waals surface area contributed by atoms with Gasteiger partial charge in [-0.25, -0.2) is 4.79 Å². The number of aliphatic carboxylic acids is 1. The minimum Gasteiger partial charge on any atom is -0.480 e. The van der Waals surface area contributed by atoms with Gasteiger partial charge in [-0.2, -0.15) is 0 Å². The second-order valence-electron chi connectivity index (χ2n) is 22.4. The molecule has 1 fully saturated rings. The average Bonchev–Trinajstić information content (AvgIpc) is 3.92. The molecule has 462 valence electrons. The van der Waals surface area contributed by atoms with Crippen molar-refractivity contribution in [2.45, 2.75) is 213 Å². The summed E-state index contributed by atoms with van der Waals surface area (Å²) in [6.45, 7) is 16.4. The van der Waals surface area contributed by atoms with E-state index in [0.29, 0.717) is 24.8 Å². The van der Waals surface area contributed by atoms with Crippen molar-refractivity contribution in [3.05, 3.63) is 47.7 Å². The first kappa shape index (κ1) is 71.6. The summed E-state index contributed by atoms with van der Waals surface area (Å²) in [5, 5.41) is 61.6.